The maximum atomic E-state index is 12.2. The molecule has 0 radical (unpaired) electrons. The number of rotatable bonds is 4. The second-order valence-electron chi connectivity index (χ2n) is 4.70. The first-order valence-electron chi connectivity index (χ1n) is 6.70. The van der Waals surface area contributed by atoms with Gasteiger partial charge in [0.05, 0.1) is 10.0 Å². The highest BCUT2D eigenvalue weighted by Gasteiger charge is 2.12. The fourth-order valence-corrected chi connectivity index (χ4v) is 2.31. The first-order valence-corrected chi connectivity index (χ1v) is 7.45. The lowest BCUT2D eigenvalue weighted by Gasteiger charge is -2.07. The van der Waals surface area contributed by atoms with Gasteiger partial charge in [-0.1, -0.05) is 53.5 Å². The summed E-state index contributed by atoms with van der Waals surface area (Å²) in [5, 5.41) is 15.0. The van der Waals surface area contributed by atoms with Gasteiger partial charge < -0.3 is 5.32 Å². The minimum atomic E-state index is -0.270. The summed E-state index contributed by atoms with van der Waals surface area (Å²) < 4.78 is 1.43. The van der Waals surface area contributed by atoms with Gasteiger partial charge in [0, 0.05) is 11.3 Å². The number of hydrogen-bond donors (Lipinski definition) is 1. The van der Waals surface area contributed by atoms with E-state index in [1.807, 2.05) is 30.3 Å². The van der Waals surface area contributed by atoms with E-state index in [2.05, 4.69) is 20.8 Å². The molecule has 0 atom stereocenters. The first-order chi connectivity index (χ1) is 11.1. The standard InChI is InChI=1S/C15H11Cl2N5O/c16-12-7-6-11(8-13(12)17)18-14(23)9-22-15(19-20-21-22)10-4-2-1-3-5-10/h1-8H,9H2,(H,18,23). The van der Waals surface area contributed by atoms with Crippen molar-refractivity contribution in [2.45, 2.75) is 6.54 Å². The van der Waals surface area contributed by atoms with Crippen molar-refractivity contribution < 1.29 is 4.79 Å². The second kappa shape index (κ2) is 6.76. The predicted molar refractivity (Wildman–Crippen MR) is 88.3 cm³/mol. The molecule has 0 unspecified atom stereocenters. The van der Waals surface area contributed by atoms with Crippen LogP contribution in [0.2, 0.25) is 10.0 Å². The molecule has 23 heavy (non-hydrogen) atoms. The molecule has 0 saturated heterocycles. The minimum Gasteiger partial charge on any atom is -0.324 e. The third-order valence-electron chi connectivity index (χ3n) is 3.06. The summed E-state index contributed by atoms with van der Waals surface area (Å²) in [6, 6.07) is 14.3. The van der Waals surface area contributed by atoms with Crippen LogP contribution in [0.4, 0.5) is 5.69 Å². The molecule has 1 amide bonds. The Hall–Kier alpha value is -2.44. The Morgan fingerprint density at radius 3 is 2.61 bits per heavy atom. The predicted octanol–water partition coefficient (Wildman–Crippen LogP) is 3.29. The molecule has 1 aromatic heterocycles. The van der Waals surface area contributed by atoms with E-state index in [-0.39, 0.29) is 12.5 Å². The minimum absolute atomic E-state index is 0.0164. The Morgan fingerprint density at radius 1 is 1.09 bits per heavy atom. The third-order valence-corrected chi connectivity index (χ3v) is 3.80. The Kier molecular flexibility index (Phi) is 4.55. The third kappa shape index (κ3) is 3.67. The van der Waals surface area contributed by atoms with Crippen LogP contribution in [0.15, 0.2) is 48.5 Å². The number of carbonyl (C=O) groups excluding carboxylic acids is 1. The number of halogens is 2. The van der Waals surface area contributed by atoms with Gasteiger partial charge >= 0.3 is 0 Å². The maximum absolute atomic E-state index is 12.2. The number of anilines is 1. The normalized spacial score (nSPS) is 10.5. The summed E-state index contributed by atoms with van der Waals surface area (Å²) in [6.45, 7) is -0.0164. The van der Waals surface area contributed by atoms with Crippen molar-refractivity contribution >= 4 is 34.8 Å². The van der Waals surface area contributed by atoms with Crippen molar-refractivity contribution in [3.05, 3.63) is 58.6 Å². The van der Waals surface area contributed by atoms with Crippen LogP contribution in [-0.2, 0) is 11.3 Å². The number of aromatic nitrogens is 4. The van der Waals surface area contributed by atoms with Crippen LogP contribution in [-0.4, -0.2) is 26.1 Å². The molecular weight excluding hydrogens is 337 g/mol. The number of amides is 1. The van der Waals surface area contributed by atoms with Gasteiger partial charge in [-0.05, 0) is 28.6 Å². The largest absolute Gasteiger partial charge is 0.324 e. The van der Waals surface area contributed by atoms with E-state index in [0.29, 0.717) is 21.6 Å². The van der Waals surface area contributed by atoms with E-state index in [1.54, 1.807) is 18.2 Å². The highest BCUT2D eigenvalue weighted by Crippen LogP contribution is 2.25. The fraction of sp³-hybridized carbons (Fsp3) is 0.0667. The average molecular weight is 348 g/mol. The Morgan fingerprint density at radius 2 is 1.87 bits per heavy atom. The molecule has 0 aliphatic heterocycles. The van der Waals surface area contributed by atoms with Gasteiger partial charge in [-0.25, -0.2) is 4.68 Å². The molecule has 8 heteroatoms. The molecule has 3 aromatic rings. The van der Waals surface area contributed by atoms with Crippen LogP contribution in [0.1, 0.15) is 0 Å². The zero-order chi connectivity index (χ0) is 16.2. The smallest absolute Gasteiger partial charge is 0.246 e. The molecule has 0 spiro atoms. The highest BCUT2D eigenvalue weighted by atomic mass is 35.5. The van der Waals surface area contributed by atoms with Gasteiger partial charge in [-0.3, -0.25) is 4.79 Å². The van der Waals surface area contributed by atoms with Crippen LogP contribution in [0.25, 0.3) is 11.4 Å². The molecule has 116 valence electrons. The molecule has 1 heterocycles. The van der Waals surface area contributed by atoms with Crippen LogP contribution in [0, 0.1) is 0 Å². The first kappa shape index (κ1) is 15.5. The van der Waals surface area contributed by atoms with E-state index in [4.69, 9.17) is 23.2 Å². The lowest BCUT2D eigenvalue weighted by Crippen LogP contribution is -2.20. The summed E-state index contributed by atoms with van der Waals surface area (Å²) in [4.78, 5) is 12.2. The summed E-state index contributed by atoms with van der Waals surface area (Å²) in [7, 11) is 0. The molecule has 0 bridgehead atoms. The van der Waals surface area contributed by atoms with Crippen LogP contribution in [0.3, 0.4) is 0 Å². The lowest BCUT2D eigenvalue weighted by molar-refractivity contribution is -0.116. The molecule has 2 aromatic carbocycles. The number of nitrogens with zero attached hydrogens (tertiary/aromatic N) is 4. The van der Waals surface area contributed by atoms with Crippen molar-refractivity contribution in [2.75, 3.05) is 5.32 Å². The topological polar surface area (TPSA) is 72.7 Å². The Bertz CT molecular complexity index is 835. The Balaban J connectivity index is 1.74. The van der Waals surface area contributed by atoms with Crippen LogP contribution >= 0.6 is 23.2 Å². The molecule has 3 rings (SSSR count). The molecule has 0 aliphatic rings. The number of tetrazole rings is 1. The van der Waals surface area contributed by atoms with E-state index < -0.39 is 0 Å². The van der Waals surface area contributed by atoms with Crippen molar-refractivity contribution in [3.8, 4) is 11.4 Å². The van der Waals surface area contributed by atoms with Gasteiger partial charge in [0.1, 0.15) is 6.54 Å². The van der Waals surface area contributed by atoms with E-state index in [1.165, 1.54) is 4.68 Å². The van der Waals surface area contributed by atoms with E-state index in [9.17, 15) is 4.79 Å². The van der Waals surface area contributed by atoms with Gasteiger partial charge in [-0.2, -0.15) is 0 Å². The zero-order valence-corrected chi connectivity index (χ0v) is 13.3. The maximum Gasteiger partial charge on any atom is 0.246 e. The quantitative estimate of drug-likeness (QED) is 0.785. The SMILES string of the molecule is O=C(Cn1nnnc1-c1ccccc1)Nc1ccc(Cl)c(Cl)c1. The number of hydrogen-bond acceptors (Lipinski definition) is 4. The highest BCUT2D eigenvalue weighted by molar-refractivity contribution is 6.42. The van der Waals surface area contributed by atoms with Gasteiger partial charge in [0.15, 0.2) is 5.82 Å². The van der Waals surface area contributed by atoms with Crippen molar-refractivity contribution in [1.29, 1.82) is 0 Å². The molecule has 0 aliphatic carbocycles. The van der Waals surface area contributed by atoms with Crippen LogP contribution in [0.5, 0.6) is 0 Å². The summed E-state index contributed by atoms with van der Waals surface area (Å²) in [6.07, 6.45) is 0. The zero-order valence-electron chi connectivity index (χ0n) is 11.8. The van der Waals surface area contributed by atoms with Crippen LogP contribution < -0.4 is 5.32 Å². The summed E-state index contributed by atoms with van der Waals surface area (Å²) in [5.74, 6) is 0.253. The summed E-state index contributed by atoms with van der Waals surface area (Å²) >= 11 is 11.8. The van der Waals surface area contributed by atoms with E-state index in [0.717, 1.165) is 5.56 Å². The number of nitrogens with one attached hydrogen (secondary N) is 1. The second-order valence-corrected chi connectivity index (χ2v) is 5.52. The lowest BCUT2D eigenvalue weighted by atomic mass is 10.2. The average Bonchev–Trinajstić information content (AvgIpc) is 3.00. The van der Waals surface area contributed by atoms with Crippen molar-refractivity contribution in [1.82, 2.24) is 20.2 Å². The molecule has 1 N–H and O–H groups in total. The van der Waals surface area contributed by atoms with Gasteiger partial charge in [-0.15, -0.1) is 5.10 Å². The van der Waals surface area contributed by atoms with Gasteiger partial charge in [0.2, 0.25) is 5.91 Å². The monoisotopic (exact) mass is 347 g/mol. The fourth-order valence-electron chi connectivity index (χ4n) is 2.02. The summed E-state index contributed by atoms with van der Waals surface area (Å²) in [5.41, 5.74) is 1.39. The van der Waals surface area contributed by atoms with Crippen molar-refractivity contribution in [2.24, 2.45) is 0 Å². The number of carbonyl (C=O) groups is 1. The molecule has 0 saturated carbocycles. The Labute approximate surface area is 142 Å². The van der Waals surface area contributed by atoms with Gasteiger partial charge in [0.25, 0.3) is 0 Å². The molecule has 0 fully saturated rings. The van der Waals surface area contributed by atoms with E-state index >= 15 is 0 Å². The molecular formula is C15H11Cl2N5O. The number of benzene rings is 2. The molecule has 6 nitrogen and oxygen atoms in total. The van der Waals surface area contributed by atoms with Crippen molar-refractivity contribution in [3.63, 3.8) is 0 Å².